The van der Waals surface area contributed by atoms with Gasteiger partial charge in [-0.3, -0.25) is 0 Å². The molecule has 0 saturated carbocycles. The van der Waals surface area contributed by atoms with E-state index in [1.807, 2.05) is 0 Å². The molecule has 1 aliphatic rings. The summed E-state index contributed by atoms with van der Waals surface area (Å²) in [4.78, 5) is 0. The summed E-state index contributed by atoms with van der Waals surface area (Å²) < 4.78 is 6.35. The molecule has 1 rings (SSSR count). The normalized spacial score (nSPS) is 18.4. The largest absolute Gasteiger partial charge is 0.413 e. The van der Waals surface area contributed by atoms with Gasteiger partial charge in [0.15, 0.2) is 8.32 Å². The van der Waals surface area contributed by atoms with Gasteiger partial charge in [0, 0.05) is 0 Å². The van der Waals surface area contributed by atoms with Crippen molar-refractivity contribution < 1.29 is 4.43 Å². The molecule has 0 heterocycles. The highest BCUT2D eigenvalue weighted by molar-refractivity contribution is 6.74. The van der Waals surface area contributed by atoms with Gasteiger partial charge in [-0.2, -0.15) is 0 Å². The number of allylic oxidation sites excluding steroid dienone is 6. The zero-order valence-electron chi connectivity index (χ0n) is 22.8. The van der Waals surface area contributed by atoms with E-state index in [2.05, 4.69) is 106 Å². The minimum Gasteiger partial charge on any atom is -0.413 e. The second kappa shape index (κ2) is 11.2. The van der Waals surface area contributed by atoms with E-state index in [4.69, 9.17) is 4.43 Å². The number of hydrogen-bond acceptors (Lipinski definition) is 1. The van der Waals surface area contributed by atoms with Crippen molar-refractivity contribution in [3.8, 4) is 0 Å². The van der Waals surface area contributed by atoms with E-state index in [9.17, 15) is 0 Å². The van der Waals surface area contributed by atoms with Crippen molar-refractivity contribution in [2.75, 3.05) is 6.61 Å². The lowest BCUT2D eigenvalue weighted by Crippen LogP contribution is -2.40. The van der Waals surface area contributed by atoms with Gasteiger partial charge in [0.25, 0.3) is 0 Å². The van der Waals surface area contributed by atoms with E-state index in [1.54, 1.807) is 11.1 Å². The number of hydrogen-bond donors (Lipinski definition) is 0. The summed E-state index contributed by atoms with van der Waals surface area (Å²) in [6.45, 7) is 28.2. The molecule has 0 saturated heterocycles. The molecule has 0 aromatic heterocycles. The first kappa shape index (κ1) is 28.0. The third-order valence-corrected chi connectivity index (χ3v) is 11.9. The molecule has 0 aromatic rings. The van der Waals surface area contributed by atoms with Crippen LogP contribution in [0.1, 0.15) is 94.9 Å². The first-order valence-corrected chi connectivity index (χ1v) is 15.1. The second-order valence-electron chi connectivity index (χ2n) is 12.0. The first-order valence-electron chi connectivity index (χ1n) is 12.2. The van der Waals surface area contributed by atoms with Crippen LogP contribution in [0.4, 0.5) is 0 Å². The Hall–Kier alpha value is -1.08. The van der Waals surface area contributed by atoms with E-state index in [1.165, 1.54) is 36.0 Å². The monoisotopic (exact) mass is 442 g/mol. The summed E-state index contributed by atoms with van der Waals surface area (Å²) in [5.41, 5.74) is 11.0. The molecule has 0 fully saturated rings. The van der Waals surface area contributed by atoms with Crippen LogP contribution < -0.4 is 0 Å². The molecule has 31 heavy (non-hydrogen) atoms. The molecule has 0 spiro atoms. The zero-order valence-corrected chi connectivity index (χ0v) is 23.8. The average molecular weight is 443 g/mol. The van der Waals surface area contributed by atoms with Crippen molar-refractivity contribution in [2.45, 2.75) is 113 Å². The molecule has 0 unspecified atom stereocenters. The van der Waals surface area contributed by atoms with Gasteiger partial charge in [-0.1, -0.05) is 71.8 Å². The first-order chi connectivity index (χ1) is 14.1. The van der Waals surface area contributed by atoms with E-state index < -0.39 is 8.32 Å². The fourth-order valence-corrected chi connectivity index (χ4v) is 5.01. The Morgan fingerprint density at radius 1 is 1.16 bits per heavy atom. The van der Waals surface area contributed by atoms with Gasteiger partial charge in [-0.15, -0.1) is 5.73 Å². The van der Waals surface area contributed by atoms with Crippen LogP contribution in [-0.2, 0) is 4.43 Å². The summed E-state index contributed by atoms with van der Waals surface area (Å²) in [5, 5.41) is 0.244. The third kappa shape index (κ3) is 8.41. The maximum atomic E-state index is 6.35. The zero-order chi connectivity index (χ0) is 24.0. The van der Waals surface area contributed by atoms with Gasteiger partial charge < -0.3 is 4.43 Å². The second-order valence-corrected chi connectivity index (χ2v) is 16.8. The fraction of sp³-hybridized carbons (Fsp3) is 0.690. The quantitative estimate of drug-likeness (QED) is 0.157. The standard InChI is InChI=1S/C29H50OSi/c1-22(2)26(24(4)19-21-30-31(11,12)28(6,7)8)17-15-23(3)16-18-27-25(5)14-13-20-29(27,9)10/h15-16,19,22H,13-14,18,20-21H2,1-12H3/b23-16+,24-19+. The van der Waals surface area contributed by atoms with Crippen LogP contribution >= 0.6 is 0 Å². The van der Waals surface area contributed by atoms with E-state index in [0.29, 0.717) is 17.9 Å². The highest BCUT2D eigenvalue weighted by Crippen LogP contribution is 2.42. The van der Waals surface area contributed by atoms with Crippen LogP contribution in [-0.4, -0.2) is 14.9 Å². The van der Waals surface area contributed by atoms with Crippen LogP contribution in [0.15, 0.2) is 51.8 Å². The van der Waals surface area contributed by atoms with Crippen LogP contribution in [0.5, 0.6) is 0 Å². The molecule has 0 bridgehead atoms. The molecule has 1 nitrogen and oxygen atoms in total. The van der Waals surface area contributed by atoms with E-state index in [-0.39, 0.29) is 5.04 Å². The predicted octanol–water partition coefficient (Wildman–Crippen LogP) is 9.55. The van der Waals surface area contributed by atoms with Crippen LogP contribution in [0, 0.1) is 11.3 Å². The van der Waals surface area contributed by atoms with Crippen LogP contribution in [0.2, 0.25) is 18.1 Å². The average Bonchev–Trinajstić information content (AvgIpc) is 2.59. The highest BCUT2D eigenvalue weighted by Gasteiger charge is 2.36. The lowest BCUT2D eigenvalue weighted by Gasteiger charge is -2.35. The van der Waals surface area contributed by atoms with Gasteiger partial charge in [-0.05, 0) is 98.7 Å². The third-order valence-electron chi connectivity index (χ3n) is 7.41. The highest BCUT2D eigenvalue weighted by atomic mass is 28.4. The Labute approximate surface area is 195 Å². The molecule has 0 aromatic carbocycles. The van der Waals surface area contributed by atoms with Crippen molar-refractivity contribution >= 4 is 8.32 Å². The van der Waals surface area contributed by atoms with Gasteiger partial charge in [0.05, 0.1) is 6.61 Å². The molecule has 0 radical (unpaired) electrons. The van der Waals surface area contributed by atoms with Crippen molar-refractivity contribution in [2.24, 2.45) is 11.3 Å². The molecule has 0 amide bonds. The van der Waals surface area contributed by atoms with E-state index in [0.717, 1.165) is 6.42 Å². The van der Waals surface area contributed by atoms with Gasteiger partial charge >= 0.3 is 0 Å². The minimum atomic E-state index is -1.71. The summed E-state index contributed by atoms with van der Waals surface area (Å²) in [7, 11) is -1.71. The number of rotatable bonds is 8. The molecular formula is C29H50OSi. The van der Waals surface area contributed by atoms with Gasteiger partial charge in [0.1, 0.15) is 0 Å². The molecule has 0 atom stereocenters. The van der Waals surface area contributed by atoms with Gasteiger partial charge in [0.2, 0.25) is 0 Å². The van der Waals surface area contributed by atoms with Gasteiger partial charge in [-0.25, -0.2) is 0 Å². The molecule has 0 aliphatic heterocycles. The van der Waals surface area contributed by atoms with Crippen molar-refractivity contribution in [1.82, 2.24) is 0 Å². The van der Waals surface area contributed by atoms with Crippen LogP contribution in [0.3, 0.4) is 0 Å². The maximum absolute atomic E-state index is 6.35. The Bertz CT molecular complexity index is 772. The summed E-state index contributed by atoms with van der Waals surface area (Å²) in [6, 6.07) is 0. The lowest BCUT2D eigenvalue weighted by molar-refractivity contribution is 0.327. The van der Waals surface area contributed by atoms with E-state index >= 15 is 0 Å². The van der Waals surface area contributed by atoms with Crippen molar-refractivity contribution in [3.05, 3.63) is 51.8 Å². The molecule has 1 aliphatic carbocycles. The minimum absolute atomic E-state index is 0.244. The Morgan fingerprint density at radius 2 is 1.77 bits per heavy atom. The molecule has 2 heteroatoms. The fourth-order valence-electron chi connectivity index (χ4n) is 4.08. The Kier molecular flexibility index (Phi) is 10.1. The topological polar surface area (TPSA) is 9.23 Å². The Morgan fingerprint density at radius 3 is 2.29 bits per heavy atom. The maximum Gasteiger partial charge on any atom is 0.192 e. The molecular weight excluding hydrogens is 392 g/mol. The SMILES string of the molecule is CC1=C(C/C=C(\C)C=C=C(/C(C)=C/CO[Si](C)(C)C(C)(C)C)C(C)C)C(C)(C)CCC1. The van der Waals surface area contributed by atoms with Crippen molar-refractivity contribution in [3.63, 3.8) is 0 Å². The van der Waals surface area contributed by atoms with Crippen molar-refractivity contribution in [1.29, 1.82) is 0 Å². The van der Waals surface area contributed by atoms with Crippen LogP contribution in [0.25, 0.3) is 0 Å². The predicted molar refractivity (Wildman–Crippen MR) is 142 cm³/mol. The molecule has 0 N–H and O–H groups in total. The Balaban J connectivity index is 2.98. The smallest absolute Gasteiger partial charge is 0.192 e. The summed E-state index contributed by atoms with van der Waals surface area (Å²) in [5.74, 6) is 0.440. The summed E-state index contributed by atoms with van der Waals surface area (Å²) >= 11 is 0. The lowest BCUT2D eigenvalue weighted by atomic mass is 9.71. The summed E-state index contributed by atoms with van der Waals surface area (Å²) in [6.07, 6.45) is 11.8. The molecule has 176 valence electrons.